The molecule has 0 bridgehead atoms. The predicted molar refractivity (Wildman–Crippen MR) is 348 cm³/mol. The van der Waals surface area contributed by atoms with Gasteiger partial charge in [0.1, 0.15) is 19.3 Å². The van der Waals surface area contributed by atoms with Gasteiger partial charge in [0.15, 0.2) is 0 Å². The first-order valence-corrected chi connectivity index (χ1v) is 33.6. The summed E-state index contributed by atoms with van der Waals surface area (Å²) in [5.41, 5.74) is 0. The highest BCUT2D eigenvalue weighted by Crippen LogP contribution is 2.38. The third-order valence-electron chi connectivity index (χ3n) is 13.3. The Morgan fingerprint density at radius 1 is 0.444 bits per heavy atom. The van der Waals surface area contributed by atoms with E-state index in [2.05, 4.69) is 160 Å². The minimum atomic E-state index is -4.73. The molecule has 0 aliphatic carbocycles. The van der Waals surface area contributed by atoms with Crippen molar-refractivity contribution >= 4 is 19.7 Å². The summed E-state index contributed by atoms with van der Waals surface area (Å²) in [6, 6.07) is -0.931. The molecule has 1 amide bonds. The lowest BCUT2D eigenvalue weighted by atomic mass is 10.0. The highest BCUT2D eigenvalue weighted by molar-refractivity contribution is 7.45. The molecule has 9 nitrogen and oxygen atoms in total. The van der Waals surface area contributed by atoms with E-state index < -0.39 is 32.5 Å². The number of carbonyl (C=O) groups excluding carboxylic acids is 2. The van der Waals surface area contributed by atoms with Gasteiger partial charge in [0.2, 0.25) is 5.91 Å². The van der Waals surface area contributed by atoms with Crippen LogP contribution < -0.4 is 10.2 Å². The lowest BCUT2D eigenvalue weighted by Gasteiger charge is -2.30. The van der Waals surface area contributed by atoms with Gasteiger partial charge in [0.05, 0.1) is 33.8 Å². The zero-order valence-electron chi connectivity index (χ0n) is 52.4. The Kier molecular flexibility index (Phi) is 56.1. The Hall–Kier alpha value is -4.11. The summed E-state index contributed by atoms with van der Waals surface area (Å²) >= 11 is 0. The second-order valence-electron chi connectivity index (χ2n) is 22.1. The van der Waals surface area contributed by atoms with Crippen molar-refractivity contribution in [2.75, 3.05) is 40.9 Å². The van der Waals surface area contributed by atoms with Crippen LogP contribution in [0.2, 0.25) is 0 Å². The molecule has 460 valence electrons. The summed E-state index contributed by atoms with van der Waals surface area (Å²) in [5.74, 6) is -0.637. The van der Waals surface area contributed by atoms with E-state index in [1.165, 1.54) is 57.8 Å². The van der Waals surface area contributed by atoms with E-state index in [1.54, 1.807) is 6.08 Å². The van der Waals surface area contributed by atoms with E-state index in [0.717, 1.165) is 135 Å². The van der Waals surface area contributed by atoms with Gasteiger partial charge in [-0.05, 0) is 122 Å². The van der Waals surface area contributed by atoms with Crippen molar-refractivity contribution in [3.8, 4) is 0 Å². The largest absolute Gasteiger partial charge is 0.756 e. The van der Waals surface area contributed by atoms with Gasteiger partial charge in [0.25, 0.3) is 7.82 Å². The van der Waals surface area contributed by atoms with Gasteiger partial charge in [-0.3, -0.25) is 14.2 Å². The normalized spacial score (nSPS) is 14.6. The van der Waals surface area contributed by atoms with Crippen molar-refractivity contribution in [3.05, 3.63) is 146 Å². The monoisotopic (exact) mass is 1140 g/mol. The first-order chi connectivity index (χ1) is 39.4. The number of phosphoric ester groups is 1. The smallest absolute Gasteiger partial charge is 0.306 e. The maximum absolute atomic E-state index is 13.6. The third-order valence-corrected chi connectivity index (χ3v) is 14.2. The fourth-order valence-corrected chi connectivity index (χ4v) is 9.11. The minimum Gasteiger partial charge on any atom is -0.756 e. The average molecular weight is 1140 g/mol. The first kappa shape index (κ1) is 76.9. The zero-order chi connectivity index (χ0) is 59.3. The molecule has 0 aromatic carbocycles. The maximum atomic E-state index is 13.6. The molecule has 10 heteroatoms. The molecular formula is C71H119N2O7P. The summed E-state index contributed by atoms with van der Waals surface area (Å²) in [6.07, 6.45) is 85.4. The number of rotatable bonds is 56. The van der Waals surface area contributed by atoms with Crippen LogP contribution in [0.25, 0.3) is 0 Å². The molecule has 3 atom stereocenters. The number of amides is 1. The molecule has 0 rings (SSSR count). The predicted octanol–water partition coefficient (Wildman–Crippen LogP) is 19.6. The van der Waals surface area contributed by atoms with Crippen molar-refractivity contribution in [1.29, 1.82) is 0 Å². The number of allylic oxidation sites excluding steroid dienone is 23. The molecule has 0 aliphatic heterocycles. The van der Waals surface area contributed by atoms with Gasteiger partial charge < -0.3 is 28.5 Å². The number of phosphoric acid groups is 1. The molecule has 0 aromatic rings. The molecule has 0 saturated carbocycles. The van der Waals surface area contributed by atoms with Gasteiger partial charge >= 0.3 is 5.97 Å². The second kappa shape index (κ2) is 59.1. The zero-order valence-corrected chi connectivity index (χ0v) is 53.3. The van der Waals surface area contributed by atoms with Gasteiger partial charge in [0, 0.05) is 12.8 Å². The number of carbonyl (C=O) groups is 2. The van der Waals surface area contributed by atoms with Gasteiger partial charge in [-0.2, -0.15) is 0 Å². The molecule has 0 spiro atoms. The van der Waals surface area contributed by atoms with Crippen LogP contribution in [0.4, 0.5) is 0 Å². The number of hydrogen-bond donors (Lipinski definition) is 1. The molecule has 3 unspecified atom stereocenters. The maximum Gasteiger partial charge on any atom is 0.306 e. The molecule has 0 fully saturated rings. The Bertz CT molecular complexity index is 1890. The summed E-state index contributed by atoms with van der Waals surface area (Å²) in [6.45, 7) is 6.55. The summed E-state index contributed by atoms with van der Waals surface area (Å²) in [4.78, 5) is 40.0. The number of unbranched alkanes of at least 4 members (excludes halogenated alkanes) is 18. The summed E-state index contributed by atoms with van der Waals surface area (Å²) < 4.78 is 30.3. The molecule has 0 saturated heterocycles. The topological polar surface area (TPSA) is 114 Å². The molecule has 1 N–H and O–H groups in total. The van der Waals surface area contributed by atoms with Crippen molar-refractivity contribution in [2.45, 2.75) is 251 Å². The number of nitrogens with zero attached hydrogens (tertiary/aromatic N) is 1. The van der Waals surface area contributed by atoms with Crippen LogP contribution in [0.15, 0.2) is 146 Å². The molecule has 0 heterocycles. The lowest BCUT2D eigenvalue weighted by molar-refractivity contribution is -0.870. The number of nitrogens with one attached hydrogen (secondary N) is 1. The fraction of sp³-hybridized carbons (Fsp3) is 0.634. The molecular weight excluding hydrogens is 1020 g/mol. The molecule has 0 radical (unpaired) electrons. The summed E-state index contributed by atoms with van der Waals surface area (Å²) in [5, 5.41) is 3.01. The van der Waals surface area contributed by atoms with Crippen LogP contribution in [0.1, 0.15) is 239 Å². The van der Waals surface area contributed by atoms with Crippen LogP contribution >= 0.6 is 7.82 Å². The summed E-state index contributed by atoms with van der Waals surface area (Å²) in [7, 11) is 1.12. The quantitative estimate of drug-likeness (QED) is 0.0212. The van der Waals surface area contributed by atoms with Crippen LogP contribution in [-0.2, 0) is 27.9 Å². The highest BCUT2D eigenvalue weighted by atomic mass is 31.2. The first-order valence-electron chi connectivity index (χ1n) is 32.1. The van der Waals surface area contributed by atoms with E-state index in [9.17, 15) is 19.0 Å². The van der Waals surface area contributed by atoms with E-state index in [1.807, 2.05) is 27.2 Å². The number of likely N-dealkylation sites (N-methyl/N-ethyl adjacent to an activating group) is 1. The fourth-order valence-electron chi connectivity index (χ4n) is 8.38. The highest BCUT2D eigenvalue weighted by Gasteiger charge is 2.27. The van der Waals surface area contributed by atoms with Gasteiger partial charge in [-0.1, -0.05) is 250 Å². The van der Waals surface area contributed by atoms with Gasteiger partial charge in [-0.15, -0.1) is 0 Å². The number of hydrogen-bond acceptors (Lipinski definition) is 7. The van der Waals surface area contributed by atoms with E-state index in [0.29, 0.717) is 23.9 Å². The van der Waals surface area contributed by atoms with Crippen LogP contribution in [0, 0.1) is 0 Å². The van der Waals surface area contributed by atoms with Crippen LogP contribution in [-0.4, -0.2) is 69.4 Å². The standard InChI is InChI=1S/C71H119N2O7P/c1-7-10-13-16-19-22-25-28-30-32-33-34-35-36-37-38-39-41-42-45-48-51-54-57-60-63-70(74)72-68(67-79-81(76,77)78-66-65-73(4,5)6)69(62-59-56-53-50-47-44-27-24-21-18-15-12-9-3)80-71(75)64-61-58-55-52-49-46-43-40-31-29-26-23-20-17-14-11-8-2/h10-11,13-14,19-20,22-23,28-31,33-34,36-37,39,41,43,46,52,55,59,62,68-69H,7-9,12,15-18,21,24-27,32,35,38,40,42,44-45,47-51,53-54,56-58,60-61,63-67H2,1-6H3,(H-,72,74,76,77)/b13-10-,14-11-,22-19-,23-20-,30-28-,31-29-,34-33-,37-36-,41-39-,46-43-,55-52-,62-59-. The average Bonchev–Trinajstić information content (AvgIpc) is 3.44. The Morgan fingerprint density at radius 3 is 1.21 bits per heavy atom. The third kappa shape index (κ3) is 60.3. The molecule has 0 aliphatic rings. The van der Waals surface area contributed by atoms with E-state index in [4.69, 9.17) is 13.8 Å². The SMILES string of the molecule is CC/C=C\C/C=C\C/C=C\C/C=C\C/C=C\C/C=C\CCCCCCCCC(=O)NC(COP(=O)([O-])OCC[N+](C)(C)C)C(/C=C\CCCCCCCCCCCCC)OC(=O)CCC/C=C\C/C=C\C/C=C\C/C=C\C/C=C\CC. The number of quaternary nitrogens is 1. The van der Waals surface area contributed by atoms with Crippen molar-refractivity contribution in [1.82, 2.24) is 5.32 Å². The van der Waals surface area contributed by atoms with Crippen LogP contribution in [0.3, 0.4) is 0 Å². The van der Waals surface area contributed by atoms with E-state index >= 15 is 0 Å². The number of ether oxygens (including phenoxy) is 1. The van der Waals surface area contributed by atoms with Crippen molar-refractivity contribution in [3.63, 3.8) is 0 Å². The molecule has 0 aromatic heterocycles. The van der Waals surface area contributed by atoms with Crippen molar-refractivity contribution in [2.24, 2.45) is 0 Å². The Balaban J connectivity index is 5.33. The van der Waals surface area contributed by atoms with Gasteiger partial charge in [-0.25, -0.2) is 0 Å². The van der Waals surface area contributed by atoms with Crippen LogP contribution in [0.5, 0.6) is 0 Å². The second-order valence-corrected chi connectivity index (χ2v) is 23.6. The van der Waals surface area contributed by atoms with E-state index in [-0.39, 0.29) is 25.4 Å². The lowest BCUT2D eigenvalue weighted by Crippen LogP contribution is -2.47. The Morgan fingerprint density at radius 2 is 0.802 bits per heavy atom. The minimum absolute atomic E-state index is 0.0427. The Labute approximate surface area is 498 Å². The molecule has 81 heavy (non-hydrogen) atoms. The van der Waals surface area contributed by atoms with Crippen molar-refractivity contribution < 1.29 is 37.3 Å². The number of esters is 1.